The van der Waals surface area contributed by atoms with Crippen LogP contribution in [0, 0.1) is 0 Å². The third-order valence-corrected chi connectivity index (χ3v) is 3.63. The van der Waals surface area contributed by atoms with Crippen molar-refractivity contribution in [2.75, 3.05) is 20.3 Å². The Morgan fingerprint density at radius 3 is 3.00 bits per heavy atom. The highest BCUT2D eigenvalue weighted by Gasteiger charge is 2.19. The summed E-state index contributed by atoms with van der Waals surface area (Å²) >= 11 is 0. The molecule has 0 unspecified atom stereocenters. The second-order valence-corrected chi connectivity index (χ2v) is 5.01. The number of nitrogens with one attached hydrogen (secondary N) is 1. The van der Waals surface area contributed by atoms with E-state index in [1.807, 2.05) is 0 Å². The molecule has 0 aliphatic heterocycles. The number of aromatic nitrogens is 2. The summed E-state index contributed by atoms with van der Waals surface area (Å²) < 4.78 is 35.6. The molecule has 0 radical (unpaired) electrons. The zero-order chi connectivity index (χ0) is 12.3. The first-order valence-corrected chi connectivity index (χ1v) is 6.33. The van der Waals surface area contributed by atoms with Crippen LogP contribution in [-0.4, -0.2) is 39.0 Å². The average Bonchev–Trinajstić information content (AvgIpc) is 2.76. The maximum absolute atomic E-state index is 11.9. The van der Waals surface area contributed by atoms with E-state index >= 15 is 0 Å². The number of nitrogens with zero attached hydrogens (tertiary/aromatic N) is 2. The third-order valence-electron chi connectivity index (χ3n) is 2.14. The van der Waals surface area contributed by atoms with Crippen LogP contribution >= 0.6 is 0 Å². The Balaban J connectivity index is 2.35. The van der Waals surface area contributed by atoms with Crippen molar-refractivity contribution < 1.29 is 17.8 Å². The fraction of sp³-hybridized carbons (Fsp3) is 0.333. The minimum absolute atomic E-state index is 0.0485. The second kappa shape index (κ2) is 4.78. The molecular formula is C9H11N3O4S. The van der Waals surface area contributed by atoms with Gasteiger partial charge in [0.05, 0.1) is 6.61 Å². The first kappa shape index (κ1) is 12.0. The van der Waals surface area contributed by atoms with Gasteiger partial charge in [-0.3, -0.25) is 0 Å². The van der Waals surface area contributed by atoms with Gasteiger partial charge in [0.25, 0.3) is 0 Å². The van der Waals surface area contributed by atoms with Crippen LogP contribution in [0.5, 0.6) is 0 Å². The molecule has 0 atom stereocenters. The SMILES string of the molecule is COCCNS(=O)(=O)c1cccc2nonc12. The van der Waals surface area contributed by atoms with Gasteiger partial charge in [0, 0.05) is 13.7 Å². The molecule has 17 heavy (non-hydrogen) atoms. The van der Waals surface area contributed by atoms with Crippen molar-refractivity contribution in [2.24, 2.45) is 0 Å². The van der Waals surface area contributed by atoms with Gasteiger partial charge in [0.15, 0.2) is 5.52 Å². The quantitative estimate of drug-likeness (QED) is 0.766. The van der Waals surface area contributed by atoms with Gasteiger partial charge in [-0.05, 0) is 22.4 Å². The predicted molar refractivity (Wildman–Crippen MR) is 58.9 cm³/mol. The summed E-state index contributed by atoms with van der Waals surface area (Å²) in [5.74, 6) is 0. The van der Waals surface area contributed by atoms with E-state index in [-0.39, 0.29) is 17.0 Å². The highest BCUT2D eigenvalue weighted by molar-refractivity contribution is 7.89. The fourth-order valence-electron chi connectivity index (χ4n) is 1.35. The molecule has 0 bridgehead atoms. The highest BCUT2D eigenvalue weighted by atomic mass is 32.2. The lowest BCUT2D eigenvalue weighted by molar-refractivity contribution is 0.204. The maximum atomic E-state index is 11.9. The van der Waals surface area contributed by atoms with Crippen LogP contribution in [0.2, 0.25) is 0 Å². The Bertz CT molecular complexity index is 607. The number of rotatable bonds is 5. The molecule has 1 aromatic heterocycles. The summed E-state index contributed by atoms with van der Waals surface area (Å²) in [6.45, 7) is 0.493. The Hall–Kier alpha value is -1.51. The number of hydrogen-bond donors (Lipinski definition) is 1. The van der Waals surface area contributed by atoms with E-state index < -0.39 is 10.0 Å². The number of sulfonamides is 1. The first-order valence-electron chi connectivity index (χ1n) is 4.85. The van der Waals surface area contributed by atoms with E-state index in [4.69, 9.17) is 4.74 Å². The molecule has 2 aromatic rings. The van der Waals surface area contributed by atoms with Gasteiger partial charge in [-0.1, -0.05) is 6.07 Å². The number of fused-ring (bicyclic) bond motifs is 1. The molecule has 1 heterocycles. The number of methoxy groups -OCH3 is 1. The zero-order valence-corrected chi connectivity index (χ0v) is 9.90. The smallest absolute Gasteiger partial charge is 0.243 e. The maximum Gasteiger partial charge on any atom is 0.243 e. The summed E-state index contributed by atoms with van der Waals surface area (Å²) in [5.41, 5.74) is 0.622. The Labute approximate surface area is 97.8 Å². The lowest BCUT2D eigenvalue weighted by Crippen LogP contribution is -2.27. The van der Waals surface area contributed by atoms with Crippen molar-refractivity contribution in [3.05, 3.63) is 18.2 Å². The zero-order valence-electron chi connectivity index (χ0n) is 9.08. The minimum Gasteiger partial charge on any atom is -0.383 e. The van der Waals surface area contributed by atoms with Crippen LogP contribution in [0.15, 0.2) is 27.7 Å². The molecule has 1 aromatic carbocycles. The monoisotopic (exact) mass is 257 g/mol. The van der Waals surface area contributed by atoms with Crippen LogP contribution < -0.4 is 4.72 Å². The van der Waals surface area contributed by atoms with Crippen LogP contribution in [0.1, 0.15) is 0 Å². The van der Waals surface area contributed by atoms with Gasteiger partial charge in [-0.2, -0.15) is 0 Å². The number of ether oxygens (including phenoxy) is 1. The van der Waals surface area contributed by atoms with Gasteiger partial charge >= 0.3 is 0 Å². The average molecular weight is 257 g/mol. The van der Waals surface area contributed by atoms with Crippen LogP contribution in [0.3, 0.4) is 0 Å². The van der Waals surface area contributed by atoms with E-state index in [1.165, 1.54) is 13.2 Å². The topological polar surface area (TPSA) is 94.3 Å². The fourth-order valence-corrected chi connectivity index (χ4v) is 2.52. The molecule has 1 N–H and O–H groups in total. The molecule has 0 saturated carbocycles. The van der Waals surface area contributed by atoms with Gasteiger partial charge in [-0.25, -0.2) is 17.8 Å². The minimum atomic E-state index is -3.62. The largest absolute Gasteiger partial charge is 0.383 e. The van der Waals surface area contributed by atoms with Crippen LogP contribution in [-0.2, 0) is 14.8 Å². The van der Waals surface area contributed by atoms with Gasteiger partial charge in [-0.15, -0.1) is 0 Å². The van der Waals surface area contributed by atoms with Crippen LogP contribution in [0.4, 0.5) is 0 Å². The standard InChI is InChI=1S/C9H11N3O4S/c1-15-6-5-10-17(13,14)8-4-2-3-7-9(8)12-16-11-7/h2-4,10H,5-6H2,1H3. The van der Waals surface area contributed by atoms with Gasteiger partial charge in [0.2, 0.25) is 10.0 Å². The molecule has 0 saturated heterocycles. The van der Waals surface area contributed by atoms with Crippen molar-refractivity contribution in [2.45, 2.75) is 4.90 Å². The number of hydrogen-bond acceptors (Lipinski definition) is 6. The van der Waals surface area contributed by atoms with Crippen LogP contribution in [0.25, 0.3) is 11.0 Å². The van der Waals surface area contributed by atoms with Crippen molar-refractivity contribution in [1.29, 1.82) is 0 Å². The van der Waals surface area contributed by atoms with E-state index in [0.717, 1.165) is 0 Å². The lowest BCUT2D eigenvalue weighted by atomic mass is 10.3. The Morgan fingerprint density at radius 2 is 2.24 bits per heavy atom. The van der Waals surface area contributed by atoms with E-state index in [9.17, 15) is 8.42 Å². The molecule has 8 heteroatoms. The highest BCUT2D eigenvalue weighted by Crippen LogP contribution is 2.19. The summed E-state index contributed by atoms with van der Waals surface area (Å²) in [4.78, 5) is 0.0485. The molecule has 0 fully saturated rings. The first-order chi connectivity index (χ1) is 8.15. The van der Waals surface area contributed by atoms with Crippen molar-refractivity contribution in [3.63, 3.8) is 0 Å². The molecule has 0 amide bonds. The molecule has 0 aliphatic rings. The summed E-state index contributed by atoms with van der Waals surface area (Å²) in [6, 6.07) is 4.65. The number of benzene rings is 1. The Morgan fingerprint density at radius 1 is 1.41 bits per heavy atom. The summed E-state index contributed by atoms with van der Waals surface area (Å²) in [6.07, 6.45) is 0. The van der Waals surface area contributed by atoms with Gasteiger partial charge < -0.3 is 4.74 Å². The Kier molecular flexibility index (Phi) is 3.36. The third kappa shape index (κ3) is 2.43. The normalized spacial score (nSPS) is 12.1. The predicted octanol–water partition coefficient (Wildman–Crippen LogP) is 0.147. The summed E-state index contributed by atoms with van der Waals surface area (Å²) in [5, 5.41) is 7.16. The van der Waals surface area contributed by atoms with E-state index in [1.54, 1.807) is 12.1 Å². The van der Waals surface area contributed by atoms with Crippen molar-refractivity contribution >= 4 is 21.1 Å². The van der Waals surface area contributed by atoms with E-state index in [0.29, 0.717) is 12.1 Å². The summed E-state index contributed by atoms with van der Waals surface area (Å²) in [7, 11) is -2.12. The van der Waals surface area contributed by atoms with Crippen molar-refractivity contribution in [1.82, 2.24) is 15.0 Å². The van der Waals surface area contributed by atoms with Crippen molar-refractivity contribution in [3.8, 4) is 0 Å². The molecule has 92 valence electrons. The lowest BCUT2D eigenvalue weighted by Gasteiger charge is -2.05. The second-order valence-electron chi connectivity index (χ2n) is 3.28. The molecule has 2 rings (SSSR count). The molecule has 0 aliphatic carbocycles. The molecule has 7 nitrogen and oxygen atoms in total. The van der Waals surface area contributed by atoms with E-state index in [2.05, 4.69) is 19.7 Å². The van der Waals surface area contributed by atoms with Gasteiger partial charge in [0.1, 0.15) is 10.4 Å². The molecule has 0 spiro atoms. The molecular weight excluding hydrogens is 246 g/mol.